The molecule has 5 aliphatic rings. The molecule has 120 valence electrons. The van der Waals surface area contributed by atoms with Crippen LogP contribution in [-0.4, -0.2) is 12.6 Å². The molecule has 0 aliphatic heterocycles. The summed E-state index contributed by atoms with van der Waals surface area (Å²) in [5, 5.41) is 4.04. The Morgan fingerprint density at radius 1 is 0.952 bits per heavy atom. The highest BCUT2D eigenvalue weighted by atomic mass is 14.9. The molecule has 1 heteroatoms. The number of rotatable bonds is 4. The average Bonchev–Trinajstić information content (AvgIpc) is 2.44. The summed E-state index contributed by atoms with van der Waals surface area (Å²) >= 11 is 0. The Labute approximate surface area is 131 Å². The molecule has 1 N–H and O–H groups in total. The third-order valence-electron chi connectivity index (χ3n) is 7.98. The van der Waals surface area contributed by atoms with Gasteiger partial charge in [0.05, 0.1) is 0 Å². The summed E-state index contributed by atoms with van der Waals surface area (Å²) in [5.41, 5.74) is 0.687. The Kier molecular flexibility index (Phi) is 3.84. The van der Waals surface area contributed by atoms with Gasteiger partial charge >= 0.3 is 0 Å². The van der Waals surface area contributed by atoms with Crippen LogP contribution >= 0.6 is 0 Å². The second-order valence-electron chi connectivity index (χ2n) is 9.43. The lowest BCUT2D eigenvalue weighted by Gasteiger charge is -2.59. The van der Waals surface area contributed by atoms with Crippen molar-refractivity contribution >= 4 is 0 Å². The van der Waals surface area contributed by atoms with E-state index in [2.05, 4.69) is 19.2 Å². The zero-order valence-corrected chi connectivity index (χ0v) is 14.2. The molecule has 0 saturated heterocycles. The number of nitrogens with one attached hydrogen (secondary N) is 1. The Hall–Kier alpha value is -0.0400. The monoisotopic (exact) mass is 289 g/mol. The maximum Gasteiger partial charge on any atom is 0.00956 e. The van der Waals surface area contributed by atoms with Crippen LogP contribution < -0.4 is 5.32 Å². The highest BCUT2D eigenvalue weighted by molar-refractivity contribution is 5.05. The van der Waals surface area contributed by atoms with Crippen molar-refractivity contribution in [1.82, 2.24) is 5.32 Å². The topological polar surface area (TPSA) is 12.0 Å². The maximum absolute atomic E-state index is 4.04. The summed E-state index contributed by atoms with van der Waals surface area (Å²) in [4.78, 5) is 0. The summed E-state index contributed by atoms with van der Waals surface area (Å²) < 4.78 is 0. The third-order valence-corrected chi connectivity index (χ3v) is 7.98. The van der Waals surface area contributed by atoms with Crippen LogP contribution in [0.25, 0.3) is 0 Å². The van der Waals surface area contributed by atoms with Crippen LogP contribution in [0.5, 0.6) is 0 Å². The summed E-state index contributed by atoms with van der Waals surface area (Å²) in [6, 6.07) is 0.764. The lowest BCUT2D eigenvalue weighted by molar-refractivity contribution is -0.0712. The summed E-state index contributed by atoms with van der Waals surface area (Å²) in [7, 11) is 0. The first-order chi connectivity index (χ1) is 10.1. The molecule has 0 aromatic carbocycles. The molecule has 0 amide bonds. The summed E-state index contributed by atoms with van der Waals surface area (Å²) in [5.74, 6) is 5.18. The Morgan fingerprint density at radius 3 is 2.10 bits per heavy atom. The molecule has 5 saturated carbocycles. The van der Waals surface area contributed by atoms with Crippen LogP contribution in [0.15, 0.2) is 0 Å². The smallest absolute Gasteiger partial charge is 0.00956 e. The lowest BCUT2D eigenvalue weighted by Crippen LogP contribution is -2.55. The zero-order chi connectivity index (χ0) is 14.4. The van der Waals surface area contributed by atoms with E-state index in [0.717, 1.165) is 35.6 Å². The van der Waals surface area contributed by atoms with Gasteiger partial charge in [-0.3, -0.25) is 0 Å². The molecule has 0 heterocycles. The van der Waals surface area contributed by atoms with E-state index in [-0.39, 0.29) is 0 Å². The molecule has 1 nitrogen and oxygen atoms in total. The molecular weight excluding hydrogens is 254 g/mol. The quantitative estimate of drug-likeness (QED) is 0.767. The van der Waals surface area contributed by atoms with Crippen molar-refractivity contribution in [1.29, 1.82) is 0 Å². The number of hydrogen-bond acceptors (Lipinski definition) is 1. The van der Waals surface area contributed by atoms with Gasteiger partial charge in [-0.15, -0.1) is 0 Å². The van der Waals surface area contributed by atoms with E-state index in [9.17, 15) is 0 Å². The van der Waals surface area contributed by atoms with Crippen molar-refractivity contribution in [2.24, 2.45) is 35.0 Å². The van der Waals surface area contributed by atoms with Gasteiger partial charge in [-0.1, -0.05) is 26.2 Å². The van der Waals surface area contributed by atoms with Gasteiger partial charge in [-0.25, -0.2) is 0 Å². The summed E-state index contributed by atoms with van der Waals surface area (Å²) in [6.07, 6.45) is 15.3. The molecule has 5 fully saturated rings. The molecule has 3 unspecified atom stereocenters. The molecule has 4 bridgehead atoms. The lowest BCUT2D eigenvalue weighted by atomic mass is 9.48. The second-order valence-corrected chi connectivity index (χ2v) is 9.43. The second kappa shape index (κ2) is 5.55. The molecule has 5 rings (SSSR count). The average molecular weight is 290 g/mol. The van der Waals surface area contributed by atoms with E-state index in [1.165, 1.54) is 32.2 Å². The van der Waals surface area contributed by atoms with Crippen molar-refractivity contribution in [2.45, 2.75) is 84.1 Å². The van der Waals surface area contributed by atoms with E-state index in [1.807, 2.05) is 0 Å². The van der Waals surface area contributed by atoms with Gasteiger partial charge in [0, 0.05) is 6.04 Å². The molecule has 0 radical (unpaired) electrons. The molecular formula is C20H35N. The fourth-order valence-electron chi connectivity index (χ4n) is 6.95. The van der Waals surface area contributed by atoms with Gasteiger partial charge in [-0.2, -0.15) is 0 Å². The zero-order valence-electron chi connectivity index (χ0n) is 14.2. The Balaban J connectivity index is 1.37. The van der Waals surface area contributed by atoms with Crippen molar-refractivity contribution in [2.75, 3.05) is 6.54 Å². The van der Waals surface area contributed by atoms with Gasteiger partial charge in [0.2, 0.25) is 0 Å². The minimum absolute atomic E-state index is 0.687. The van der Waals surface area contributed by atoms with Gasteiger partial charge in [-0.05, 0) is 93.4 Å². The van der Waals surface area contributed by atoms with E-state index >= 15 is 0 Å². The maximum atomic E-state index is 4.04. The van der Waals surface area contributed by atoms with E-state index in [4.69, 9.17) is 0 Å². The molecule has 21 heavy (non-hydrogen) atoms. The minimum Gasteiger partial charge on any atom is -0.313 e. The highest BCUT2D eigenvalue weighted by Gasteiger charge is 2.52. The minimum atomic E-state index is 0.687. The van der Waals surface area contributed by atoms with Gasteiger partial charge in [0.1, 0.15) is 0 Å². The first kappa shape index (κ1) is 14.5. The summed E-state index contributed by atoms with van der Waals surface area (Å²) in [6.45, 7) is 6.31. The van der Waals surface area contributed by atoms with Crippen LogP contribution in [0.1, 0.15) is 78.1 Å². The predicted molar refractivity (Wildman–Crippen MR) is 89.2 cm³/mol. The largest absolute Gasteiger partial charge is 0.313 e. The van der Waals surface area contributed by atoms with E-state index in [0.29, 0.717) is 5.41 Å². The Bertz CT molecular complexity index is 339. The van der Waals surface area contributed by atoms with Gasteiger partial charge < -0.3 is 5.32 Å². The molecule has 3 atom stereocenters. The molecule has 0 aromatic heterocycles. The van der Waals surface area contributed by atoms with Crippen LogP contribution in [0.2, 0.25) is 0 Å². The van der Waals surface area contributed by atoms with Crippen LogP contribution in [0.4, 0.5) is 0 Å². The highest BCUT2D eigenvalue weighted by Crippen LogP contribution is 2.61. The van der Waals surface area contributed by atoms with Crippen molar-refractivity contribution in [3.8, 4) is 0 Å². The predicted octanol–water partition coefficient (Wildman–Crippen LogP) is 5.01. The van der Waals surface area contributed by atoms with E-state index < -0.39 is 0 Å². The van der Waals surface area contributed by atoms with Gasteiger partial charge in [0.25, 0.3) is 0 Å². The van der Waals surface area contributed by atoms with Crippen molar-refractivity contribution < 1.29 is 0 Å². The SMILES string of the molecule is CC1CCCCC1CNC(C)C12CC3CC(CC(C3)C1)C2. The standard InChI is InChI=1S/C20H35N/c1-14-5-3-4-6-19(14)13-21-15(2)20-10-16-7-17(11-20)9-18(8-16)12-20/h14-19,21H,3-13H2,1-2H3. The fraction of sp³-hybridized carbons (Fsp3) is 1.00. The van der Waals surface area contributed by atoms with Crippen LogP contribution in [0.3, 0.4) is 0 Å². The Morgan fingerprint density at radius 2 is 1.52 bits per heavy atom. The number of hydrogen-bond donors (Lipinski definition) is 1. The van der Waals surface area contributed by atoms with Crippen LogP contribution in [-0.2, 0) is 0 Å². The van der Waals surface area contributed by atoms with Gasteiger partial charge in [0.15, 0.2) is 0 Å². The fourth-order valence-corrected chi connectivity index (χ4v) is 6.95. The molecule has 0 aromatic rings. The first-order valence-corrected chi connectivity index (χ1v) is 9.88. The van der Waals surface area contributed by atoms with Crippen molar-refractivity contribution in [3.63, 3.8) is 0 Å². The molecule has 5 aliphatic carbocycles. The first-order valence-electron chi connectivity index (χ1n) is 9.88. The van der Waals surface area contributed by atoms with Crippen molar-refractivity contribution in [3.05, 3.63) is 0 Å². The van der Waals surface area contributed by atoms with Crippen LogP contribution in [0, 0.1) is 35.0 Å². The van der Waals surface area contributed by atoms with E-state index in [1.54, 1.807) is 38.5 Å². The molecule has 0 spiro atoms. The third kappa shape index (κ3) is 2.69. The normalized spacial score (nSPS) is 50.3.